The van der Waals surface area contributed by atoms with Gasteiger partial charge >= 0.3 is 0 Å². The summed E-state index contributed by atoms with van der Waals surface area (Å²) in [6.07, 6.45) is 1.12. The van der Waals surface area contributed by atoms with Gasteiger partial charge < -0.3 is 9.53 Å². The van der Waals surface area contributed by atoms with Gasteiger partial charge in [-0.05, 0) is 36.1 Å². The molecule has 2 nitrogen and oxygen atoms in total. The van der Waals surface area contributed by atoms with E-state index in [0.29, 0.717) is 17.7 Å². The zero-order chi connectivity index (χ0) is 11.4. The Morgan fingerprint density at radius 3 is 2.73 bits per heavy atom. The van der Waals surface area contributed by atoms with E-state index < -0.39 is 0 Å². The zero-order valence-electron chi connectivity index (χ0n) is 9.21. The van der Waals surface area contributed by atoms with Crippen LogP contribution in [0.1, 0.15) is 30.4 Å². The van der Waals surface area contributed by atoms with E-state index in [9.17, 15) is 9.18 Å². The first kappa shape index (κ1) is 11.7. The molecule has 1 aromatic rings. The minimum absolute atomic E-state index is 0.114. The predicted octanol–water partition coefficient (Wildman–Crippen LogP) is 2.84. The molecule has 0 aliphatic heterocycles. The topological polar surface area (TPSA) is 26.3 Å². The average molecular weight is 210 g/mol. The molecule has 0 amide bonds. The number of carbonyl (C=O) groups is 1. The summed E-state index contributed by atoms with van der Waals surface area (Å²) < 4.78 is 18.7. The third-order valence-corrected chi connectivity index (χ3v) is 2.49. The van der Waals surface area contributed by atoms with Crippen LogP contribution in [-0.2, 0) is 4.79 Å². The Bertz CT molecular complexity index is 361. The molecule has 82 valence electrons. The SMILES string of the molecule is COc1cc(C(C)CC=O)c(F)cc1C. The van der Waals surface area contributed by atoms with Gasteiger partial charge in [0.2, 0.25) is 0 Å². The molecule has 0 bridgehead atoms. The zero-order valence-corrected chi connectivity index (χ0v) is 9.21. The molecule has 0 N–H and O–H groups in total. The standard InChI is InChI=1S/C12H15FO2/c1-8(4-5-14)10-7-12(15-3)9(2)6-11(10)13/h5-8H,4H2,1-3H3. The number of carbonyl (C=O) groups excluding carboxylic acids is 1. The molecule has 1 aromatic carbocycles. The molecular formula is C12H15FO2. The molecule has 0 fully saturated rings. The molecular weight excluding hydrogens is 195 g/mol. The van der Waals surface area contributed by atoms with Gasteiger partial charge in [-0.2, -0.15) is 0 Å². The van der Waals surface area contributed by atoms with Crippen LogP contribution in [-0.4, -0.2) is 13.4 Å². The van der Waals surface area contributed by atoms with E-state index in [1.807, 2.05) is 6.92 Å². The van der Waals surface area contributed by atoms with Gasteiger partial charge in [-0.25, -0.2) is 4.39 Å². The van der Waals surface area contributed by atoms with Crippen molar-refractivity contribution < 1.29 is 13.9 Å². The normalized spacial score (nSPS) is 12.3. The van der Waals surface area contributed by atoms with Gasteiger partial charge in [-0.3, -0.25) is 0 Å². The number of aldehydes is 1. The Morgan fingerprint density at radius 1 is 1.53 bits per heavy atom. The summed E-state index contributed by atoms with van der Waals surface area (Å²) >= 11 is 0. The Hall–Kier alpha value is -1.38. The summed E-state index contributed by atoms with van der Waals surface area (Å²) in [7, 11) is 1.55. The molecule has 1 atom stereocenters. The minimum Gasteiger partial charge on any atom is -0.496 e. The second-order valence-electron chi connectivity index (χ2n) is 3.65. The summed E-state index contributed by atoms with van der Waals surface area (Å²) in [4.78, 5) is 10.4. The van der Waals surface area contributed by atoms with Crippen molar-refractivity contribution in [3.05, 3.63) is 29.1 Å². The van der Waals surface area contributed by atoms with E-state index >= 15 is 0 Å². The number of methoxy groups -OCH3 is 1. The molecule has 0 spiro atoms. The molecule has 1 unspecified atom stereocenters. The van der Waals surface area contributed by atoms with Crippen LogP contribution in [0.5, 0.6) is 5.75 Å². The van der Waals surface area contributed by atoms with Crippen molar-refractivity contribution in [2.24, 2.45) is 0 Å². The van der Waals surface area contributed by atoms with E-state index in [0.717, 1.165) is 11.8 Å². The smallest absolute Gasteiger partial charge is 0.127 e. The maximum atomic E-state index is 13.6. The van der Waals surface area contributed by atoms with Crippen LogP contribution in [0.2, 0.25) is 0 Å². The molecule has 0 radical (unpaired) electrons. The van der Waals surface area contributed by atoms with Crippen molar-refractivity contribution >= 4 is 6.29 Å². The van der Waals surface area contributed by atoms with Gasteiger partial charge in [-0.15, -0.1) is 0 Å². The molecule has 1 rings (SSSR count). The molecule has 15 heavy (non-hydrogen) atoms. The Labute approximate surface area is 89.1 Å². The average Bonchev–Trinajstić information content (AvgIpc) is 2.18. The fraction of sp³-hybridized carbons (Fsp3) is 0.417. The van der Waals surface area contributed by atoms with Crippen molar-refractivity contribution in [3.63, 3.8) is 0 Å². The van der Waals surface area contributed by atoms with E-state index in [4.69, 9.17) is 4.74 Å². The molecule has 0 aromatic heterocycles. The number of rotatable bonds is 4. The van der Waals surface area contributed by atoms with Gasteiger partial charge in [0.15, 0.2) is 0 Å². The molecule has 0 saturated carbocycles. The fourth-order valence-electron chi connectivity index (χ4n) is 1.54. The fourth-order valence-corrected chi connectivity index (χ4v) is 1.54. The van der Waals surface area contributed by atoms with E-state index in [2.05, 4.69) is 0 Å². The van der Waals surface area contributed by atoms with Crippen molar-refractivity contribution in [1.29, 1.82) is 0 Å². The first-order chi connectivity index (χ1) is 7.10. The maximum Gasteiger partial charge on any atom is 0.127 e. The number of hydrogen-bond donors (Lipinski definition) is 0. The minimum atomic E-state index is -0.275. The maximum absolute atomic E-state index is 13.6. The first-order valence-electron chi connectivity index (χ1n) is 4.87. The number of benzene rings is 1. The van der Waals surface area contributed by atoms with Crippen molar-refractivity contribution in [3.8, 4) is 5.75 Å². The molecule has 0 aliphatic carbocycles. The van der Waals surface area contributed by atoms with Crippen LogP contribution in [0.3, 0.4) is 0 Å². The highest BCUT2D eigenvalue weighted by atomic mass is 19.1. The van der Waals surface area contributed by atoms with Crippen LogP contribution in [0.4, 0.5) is 4.39 Å². The van der Waals surface area contributed by atoms with Crippen LogP contribution in [0, 0.1) is 12.7 Å². The Morgan fingerprint density at radius 2 is 2.20 bits per heavy atom. The Balaban J connectivity index is 3.11. The second kappa shape index (κ2) is 4.91. The third kappa shape index (κ3) is 2.55. The lowest BCUT2D eigenvalue weighted by molar-refractivity contribution is -0.108. The van der Waals surface area contributed by atoms with Crippen molar-refractivity contribution in [1.82, 2.24) is 0 Å². The van der Waals surface area contributed by atoms with Crippen molar-refractivity contribution in [2.45, 2.75) is 26.2 Å². The lowest BCUT2D eigenvalue weighted by atomic mass is 9.96. The highest BCUT2D eigenvalue weighted by molar-refractivity contribution is 5.52. The van der Waals surface area contributed by atoms with Crippen LogP contribution in [0.25, 0.3) is 0 Å². The second-order valence-corrected chi connectivity index (χ2v) is 3.65. The van der Waals surface area contributed by atoms with Gasteiger partial charge in [0, 0.05) is 6.42 Å². The largest absolute Gasteiger partial charge is 0.496 e. The number of halogens is 1. The number of aryl methyl sites for hydroxylation is 1. The van der Waals surface area contributed by atoms with E-state index in [1.54, 1.807) is 20.1 Å². The molecule has 0 heterocycles. The van der Waals surface area contributed by atoms with Crippen LogP contribution >= 0.6 is 0 Å². The van der Waals surface area contributed by atoms with Gasteiger partial charge in [-0.1, -0.05) is 6.92 Å². The van der Waals surface area contributed by atoms with E-state index in [-0.39, 0.29) is 11.7 Å². The summed E-state index contributed by atoms with van der Waals surface area (Å²) in [6, 6.07) is 3.11. The van der Waals surface area contributed by atoms with Gasteiger partial charge in [0.1, 0.15) is 17.9 Å². The molecule has 0 aliphatic rings. The Kier molecular flexibility index (Phi) is 3.83. The number of ether oxygens (including phenoxy) is 1. The molecule has 3 heteroatoms. The molecule has 0 saturated heterocycles. The van der Waals surface area contributed by atoms with Gasteiger partial charge in [0.05, 0.1) is 7.11 Å². The highest BCUT2D eigenvalue weighted by Gasteiger charge is 2.13. The summed E-state index contributed by atoms with van der Waals surface area (Å²) in [5, 5.41) is 0. The summed E-state index contributed by atoms with van der Waals surface area (Å²) in [5.74, 6) is 0.267. The number of hydrogen-bond acceptors (Lipinski definition) is 2. The highest BCUT2D eigenvalue weighted by Crippen LogP contribution is 2.28. The quantitative estimate of drug-likeness (QED) is 0.714. The van der Waals surface area contributed by atoms with Gasteiger partial charge in [0.25, 0.3) is 0 Å². The third-order valence-electron chi connectivity index (χ3n) is 2.49. The van der Waals surface area contributed by atoms with Crippen LogP contribution in [0.15, 0.2) is 12.1 Å². The van der Waals surface area contributed by atoms with Crippen LogP contribution < -0.4 is 4.74 Å². The lowest BCUT2D eigenvalue weighted by Gasteiger charge is -2.13. The first-order valence-corrected chi connectivity index (χ1v) is 4.87. The van der Waals surface area contributed by atoms with Crippen molar-refractivity contribution in [2.75, 3.05) is 7.11 Å². The lowest BCUT2D eigenvalue weighted by Crippen LogP contribution is -2.00. The monoisotopic (exact) mass is 210 g/mol. The summed E-state index contributed by atoms with van der Waals surface area (Å²) in [5.41, 5.74) is 1.29. The summed E-state index contributed by atoms with van der Waals surface area (Å²) in [6.45, 7) is 3.61. The predicted molar refractivity (Wildman–Crippen MR) is 56.8 cm³/mol. The van der Waals surface area contributed by atoms with E-state index in [1.165, 1.54) is 6.07 Å².